The first-order valence-corrected chi connectivity index (χ1v) is 10.6. The fourth-order valence-electron chi connectivity index (χ4n) is 3.17. The second-order valence-electron chi connectivity index (χ2n) is 7.25. The summed E-state index contributed by atoms with van der Waals surface area (Å²) in [5.74, 6) is 0.833. The topological polar surface area (TPSA) is 42.4 Å². The van der Waals surface area contributed by atoms with Gasteiger partial charge in [0, 0.05) is 5.56 Å². The molecular formula is C24H35NO2. The molecule has 0 aliphatic carbocycles. The third-order valence-corrected chi connectivity index (χ3v) is 4.98. The Hall–Kier alpha value is -1.87. The van der Waals surface area contributed by atoms with E-state index in [0.717, 1.165) is 42.0 Å². The highest BCUT2D eigenvalue weighted by Gasteiger charge is 2.06. The van der Waals surface area contributed by atoms with Gasteiger partial charge in [0.15, 0.2) is 0 Å². The molecule has 2 aromatic rings. The minimum atomic E-state index is -0.390. The van der Waals surface area contributed by atoms with Crippen LogP contribution in [0.1, 0.15) is 83.3 Å². The predicted octanol–water partition coefficient (Wildman–Crippen LogP) is 6.71. The molecule has 27 heavy (non-hydrogen) atoms. The van der Waals surface area contributed by atoms with Crippen LogP contribution < -0.4 is 4.74 Å². The van der Waals surface area contributed by atoms with Gasteiger partial charge in [-0.25, -0.2) is 0 Å². The van der Waals surface area contributed by atoms with Crippen molar-refractivity contribution in [1.82, 2.24) is 4.98 Å². The lowest BCUT2D eigenvalue weighted by atomic mass is 10.0. The maximum Gasteiger partial charge on any atom is 0.137 e. The summed E-state index contributed by atoms with van der Waals surface area (Å²) in [7, 11) is 0. The van der Waals surface area contributed by atoms with E-state index in [9.17, 15) is 5.11 Å². The molecule has 0 spiro atoms. The lowest BCUT2D eigenvalue weighted by Gasteiger charge is -2.09. The van der Waals surface area contributed by atoms with Gasteiger partial charge in [-0.05, 0) is 30.5 Å². The van der Waals surface area contributed by atoms with Gasteiger partial charge in [-0.1, -0.05) is 83.1 Å². The number of aliphatic hydroxyl groups is 1. The van der Waals surface area contributed by atoms with Gasteiger partial charge in [0.2, 0.25) is 0 Å². The fourth-order valence-corrected chi connectivity index (χ4v) is 3.17. The molecule has 0 amide bonds. The van der Waals surface area contributed by atoms with Crippen LogP contribution in [0.2, 0.25) is 0 Å². The molecule has 2 rings (SSSR count). The molecule has 0 fully saturated rings. The molecule has 0 radical (unpaired) electrons. The Bertz CT molecular complexity index is 622. The summed E-state index contributed by atoms with van der Waals surface area (Å²) in [6, 6.07) is 11.9. The molecule has 1 heterocycles. The van der Waals surface area contributed by atoms with E-state index >= 15 is 0 Å². The molecule has 1 N–H and O–H groups in total. The molecule has 1 aromatic heterocycles. The van der Waals surface area contributed by atoms with Crippen LogP contribution in [0.3, 0.4) is 0 Å². The van der Waals surface area contributed by atoms with Gasteiger partial charge in [0.05, 0.1) is 24.6 Å². The number of hydrogen-bond acceptors (Lipinski definition) is 3. The number of rotatable bonds is 13. The van der Waals surface area contributed by atoms with Crippen molar-refractivity contribution in [3.63, 3.8) is 0 Å². The summed E-state index contributed by atoms with van der Waals surface area (Å²) in [5, 5.41) is 9.88. The molecule has 0 aliphatic rings. The molecule has 0 aliphatic heterocycles. The normalized spacial score (nSPS) is 12.1. The monoisotopic (exact) mass is 369 g/mol. The van der Waals surface area contributed by atoms with Crippen molar-refractivity contribution >= 4 is 0 Å². The van der Waals surface area contributed by atoms with E-state index in [0.29, 0.717) is 0 Å². The smallest absolute Gasteiger partial charge is 0.137 e. The number of hydrogen-bond donors (Lipinski definition) is 1. The summed E-state index contributed by atoms with van der Waals surface area (Å²) >= 11 is 0. The maximum atomic E-state index is 9.88. The summed E-state index contributed by atoms with van der Waals surface area (Å²) in [6.45, 7) is 5.00. The van der Waals surface area contributed by atoms with Crippen LogP contribution in [-0.4, -0.2) is 16.7 Å². The molecule has 3 heteroatoms. The van der Waals surface area contributed by atoms with Crippen molar-refractivity contribution in [2.24, 2.45) is 0 Å². The van der Waals surface area contributed by atoms with Gasteiger partial charge in [-0.3, -0.25) is 4.98 Å². The molecule has 1 atom stereocenters. The van der Waals surface area contributed by atoms with Crippen LogP contribution in [0.25, 0.3) is 11.3 Å². The fraction of sp³-hybridized carbons (Fsp3) is 0.542. The van der Waals surface area contributed by atoms with Gasteiger partial charge >= 0.3 is 0 Å². The average molecular weight is 370 g/mol. The quantitative estimate of drug-likeness (QED) is 0.399. The van der Waals surface area contributed by atoms with Gasteiger partial charge in [0.1, 0.15) is 5.75 Å². The minimum Gasteiger partial charge on any atom is -0.492 e. The highest BCUT2D eigenvalue weighted by molar-refractivity contribution is 5.59. The van der Waals surface area contributed by atoms with E-state index in [4.69, 9.17) is 4.74 Å². The Kier molecular flexibility index (Phi) is 9.93. The van der Waals surface area contributed by atoms with E-state index in [1.807, 2.05) is 43.3 Å². The second-order valence-corrected chi connectivity index (χ2v) is 7.25. The summed E-state index contributed by atoms with van der Waals surface area (Å²) in [4.78, 5) is 4.51. The summed E-state index contributed by atoms with van der Waals surface area (Å²) in [6.07, 6.45) is 12.6. The number of benzene rings is 1. The second kappa shape index (κ2) is 12.5. The number of ether oxygens (including phenoxy) is 1. The van der Waals surface area contributed by atoms with Crippen molar-refractivity contribution in [3.8, 4) is 17.0 Å². The molecule has 0 saturated carbocycles. The third-order valence-electron chi connectivity index (χ3n) is 4.98. The predicted molar refractivity (Wildman–Crippen MR) is 113 cm³/mol. The number of aliphatic hydroxyl groups excluding tert-OH is 1. The first-order valence-electron chi connectivity index (χ1n) is 10.6. The molecule has 0 bridgehead atoms. The molecule has 1 unspecified atom stereocenters. The SMILES string of the molecule is CCCCCCCCCCOc1ccc(-c2ccc(C(O)CC)cc2)nc1. The van der Waals surface area contributed by atoms with E-state index < -0.39 is 0 Å². The van der Waals surface area contributed by atoms with E-state index in [1.54, 1.807) is 6.20 Å². The van der Waals surface area contributed by atoms with Crippen molar-refractivity contribution in [1.29, 1.82) is 0 Å². The summed E-state index contributed by atoms with van der Waals surface area (Å²) in [5.41, 5.74) is 2.93. The van der Waals surface area contributed by atoms with Crippen molar-refractivity contribution in [2.75, 3.05) is 6.61 Å². The Morgan fingerprint density at radius 1 is 0.852 bits per heavy atom. The van der Waals surface area contributed by atoms with Crippen molar-refractivity contribution in [3.05, 3.63) is 48.2 Å². The van der Waals surface area contributed by atoms with Crippen molar-refractivity contribution in [2.45, 2.75) is 77.7 Å². The zero-order chi connectivity index (χ0) is 19.3. The first kappa shape index (κ1) is 21.4. The van der Waals surface area contributed by atoms with Crippen LogP contribution in [0.4, 0.5) is 0 Å². The van der Waals surface area contributed by atoms with Crippen LogP contribution >= 0.6 is 0 Å². The summed E-state index contributed by atoms with van der Waals surface area (Å²) < 4.78 is 5.81. The van der Waals surface area contributed by atoms with Crippen LogP contribution in [-0.2, 0) is 0 Å². The zero-order valence-corrected chi connectivity index (χ0v) is 17.0. The molecule has 148 valence electrons. The number of aromatic nitrogens is 1. The Morgan fingerprint density at radius 3 is 2.11 bits per heavy atom. The standard InChI is InChI=1S/C24H35NO2/c1-3-5-6-7-8-9-10-11-18-27-22-16-17-23(25-19-22)20-12-14-21(15-13-20)24(26)4-2/h12-17,19,24,26H,3-11,18H2,1-2H3. The first-order chi connectivity index (χ1) is 13.2. The number of pyridine rings is 1. The van der Waals surface area contributed by atoms with Crippen LogP contribution in [0, 0.1) is 0 Å². The van der Waals surface area contributed by atoms with E-state index in [1.165, 1.54) is 44.9 Å². The molecule has 1 aromatic carbocycles. The van der Waals surface area contributed by atoms with Gasteiger partial charge in [-0.2, -0.15) is 0 Å². The van der Waals surface area contributed by atoms with E-state index in [-0.39, 0.29) is 6.10 Å². The molecule has 3 nitrogen and oxygen atoms in total. The van der Waals surface area contributed by atoms with Crippen molar-refractivity contribution < 1.29 is 9.84 Å². The van der Waals surface area contributed by atoms with Gasteiger partial charge < -0.3 is 9.84 Å². The lowest BCUT2D eigenvalue weighted by Crippen LogP contribution is -1.98. The Balaban J connectivity index is 1.69. The van der Waals surface area contributed by atoms with Crippen LogP contribution in [0.15, 0.2) is 42.6 Å². The largest absolute Gasteiger partial charge is 0.492 e. The highest BCUT2D eigenvalue weighted by atomic mass is 16.5. The minimum absolute atomic E-state index is 0.390. The van der Waals surface area contributed by atoms with Crippen LogP contribution in [0.5, 0.6) is 5.75 Å². The maximum absolute atomic E-state index is 9.88. The Labute approximate surface area is 164 Å². The highest BCUT2D eigenvalue weighted by Crippen LogP contribution is 2.23. The Morgan fingerprint density at radius 2 is 1.52 bits per heavy atom. The van der Waals surface area contributed by atoms with E-state index in [2.05, 4.69) is 11.9 Å². The zero-order valence-electron chi connectivity index (χ0n) is 17.0. The molecular weight excluding hydrogens is 334 g/mol. The number of nitrogens with zero attached hydrogens (tertiary/aromatic N) is 1. The third kappa shape index (κ3) is 7.72. The van der Waals surface area contributed by atoms with Gasteiger partial charge in [0.25, 0.3) is 0 Å². The van der Waals surface area contributed by atoms with Gasteiger partial charge in [-0.15, -0.1) is 0 Å². The molecule has 0 saturated heterocycles. The lowest BCUT2D eigenvalue weighted by molar-refractivity contribution is 0.173. The number of unbranched alkanes of at least 4 members (excludes halogenated alkanes) is 7. The average Bonchev–Trinajstić information content (AvgIpc) is 2.72.